The van der Waals surface area contributed by atoms with E-state index in [2.05, 4.69) is 10.6 Å². The molecule has 1 heterocycles. The molecule has 2 fully saturated rings. The molecule has 7 nitrogen and oxygen atoms in total. The Kier molecular flexibility index (Phi) is 6.96. The SMILES string of the molecule is CC(C)(C)OC(=O)NCc1cc(B2OC(C)(C)C(C)(C)O2)cc(C(=O)NC2CCCC2)c1. The minimum absolute atomic E-state index is 0.117. The van der Waals surface area contributed by atoms with Crippen molar-refractivity contribution in [2.45, 2.75) is 104 Å². The number of nitrogens with one attached hydrogen (secondary N) is 2. The van der Waals surface area contributed by atoms with Crippen LogP contribution in [0.25, 0.3) is 0 Å². The summed E-state index contributed by atoms with van der Waals surface area (Å²) in [6, 6.07) is 5.75. The summed E-state index contributed by atoms with van der Waals surface area (Å²) < 4.78 is 17.7. The van der Waals surface area contributed by atoms with Gasteiger partial charge in [0.2, 0.25) is 0 Å². The van der Waals surface area contributed by atoms with Crippen molar-refractivity contribution >= 4 is 24.6 Å². The van der Waals surface area contributed by atoms with Crippen LogP contribution in [0, 0.1) is 0 Å². The van der Waals surface area contributed by atoms with Crippen molar-refractivity contribution in [2.75, 3.05) is 0 Å². The van der Waals surface area contributed by atoms with Crippen molar-refractivity contribution in [1.29, 1.82) is 0 Å². The van der Waals surface area contributed by atoms with Gasteiger partial charge in [-0.1, -0.05) is 18.9 Å². The Morgan fingerprint density at radius 3 is 2.22 bits per heavy atom. The summed E-state index contributed by atoms with van der Waals surface area (Å²) in [5.74, 6) is -0.117. The van der Waals surface area contributed by atoms with E-state index < -0.39 is 30.0 Å². The lowest BCUT2D eigenvalue weighted by Crippen LogP contribution is -2.41. The minimum Gasteiger partial charge on any atom is -0.444 e. The summed E-state index contributed by atoms with van der Waals surface area (Å²) in [5, 5.41) is 5.91. The Hall–Kier alpha value is -2.06. The van der Waals surface area contributed by atoms with Crippen LogP contribution in [-0.4, -0.2) is 42.0 Å². The zero-order valence-electron chi connectivity index (χ0n) is 20.5. The van der Waals surface area contributed by atoms with Crippen LogP contribution in [0.2, 0.25) is 0 Å². The summed E-state index contributed by atoms with van der Waals surface area (Å²) in [6.45, 7) is 13.7. The van der Waals surface area contributed by atoms with Gasteiger partial charge in [0.05, 0.1) is 11.2 Å². The topological polar surface area (TPSA) is 85.9 Å². The third-order valence-electron chi connectivity index (χ3n) is 6.33. The number of carbonyl (C=O) groups excluding carboxylic acids is 2. The lowest BCUT2D eigenvalue weighted by molar-refractivity contribution is 0.00578. The highest BCUT2D eigenvalue weighted by Crippen LogP contribution is 2.36. The highest BCUT2D eigenvalue weighted by molar-refractivity contribution is 6.62. The molecule has 0 aromatic heterocycles. The molecule has 0 radical (unpaired) electrons. The number of ether oxygens (including phenoxy) is 1. The third kappa shape index (κ3) is 6.04. The molecule has 2 aliphatic rings. The van der Waals surface area contributed by atoms with Crippen molar-refractivity contribution in [2.24, 2.45) is 0 Å². The second kappa shape index (κ2) is 9.06. The highest BCUT2D eigenvalue weighted by Gasteiger charge is 2.51. The van der Waals surface area contributed by atoms with Crippen LogP contribution in [0.3, 0.4) is 0 Å². The Bertz CT molecular complexity index is 840. The molecule has 0 spiro atoms. The monoisotopic (exact) mass is 444 g/mol. The van der Waals surface area contributed by atoms with Gasteiger partial charge in [-0.15, -0.1) is 0 Å². The summed E-state index contributed by atoms with van der Waals surface area (Å²) >= 11 is 0. The predicted octanol–water partition coefficient (Wildman–Crippen LogP) is 3.68. The van der Waals surface area contributed by atoms with Crippen LogP contribution >= 0.6 is 0 Å². The molecular formula is C24H37BN2O5. The predicted molar refractivity (Wildman–Crippen MR) is 125 cm³/mol. The first-order valence-electron chi connectivity index (χ1n) is 11.5. The molecule has 3 rings (SSSR count). The Morgan fingerprint density at radius 1 is 1.06 bits per heavy atom. The average Bonchev–Trinajstić information content (AvgIpc) is 3.24. The molecule has 0 bridgehead atoms. The van der Waals surface area contributed by atoms with Crippen molar-refractivity contribution in [3.63, 3.8) is 0 Å². The number of alkyl carbamates (subject to hydrolysis) is 1. The van der Waals surface area contributed by atoms with E-state index in [-0.39, 0.29) is 18.5 Å². The van der Waals surface area contributed by atoms with E-state index in [4.69, 9.17) is 14.0 Å². The van der Waals surface area contributed by atoms with Gasteiger partial charge in [0, 0.05) is 18.2 Å². The van der Waals surface area contributed by atoms with E-state index in [0.29, 0.717) is 5.56 Å². The molecule has 8 heteroatoms. The van der Waals surface area contributed by atoms with Gasteiger partial charge in [-0.05, 0) is 84.5 Å². The third-order valence-corrected chi connectivity index (χ3v) is 6.33. The van der Waals surface area contributed by atoms with Crippen LogP contribution in [-0.2, 0) is 20.6 Å². The summed E-state index contributed by atoms with van der Waals surface area (Å²) in [4.78, 5) is 25.1. The standard InChI is InChI=1S/C24H37BN2O5/c1-22(2,3)30-21(29)26-15-16-12-17(20(28)27-19-10-8-9-11-19)14-18(13-16)25-31-23(4,5)24(6,7)32-25/h12-14,19H,8-11,15H2,1-7H3,(H,26,29)(H,27,28). The average molecular weight is 444 g/mol. The Labute approximate surface area is 192 Å². The first kappa shape index (κ1) is 24.6. The second-order valence-corrected chi connectivity index (χ2v) is 10.9. The number of benzene rings is 1. The fourth-order valence-electron chi connectivity index (χ4n) is 3.89. The number of carbonyl (C=O) groups is 2. The molecule has 1 saturated heterocycles. The van der Waals surface area contributed by atoms with E-state index in [1.165, 1.54) is 0 Å². The van der Waals surface area contributed by atoms with Crippen LogP contribution in [0.1, 0.15) is 90.1 Å². The van der Waals surface area contributed by atoms with Crippen LogP contribution in [0.4, 0.5) is 4.79 Å². The van der Waals surface area contributed by atoms with Gasteiger partial charge in [0.25, 0.3) is 5.91 Å². The zero-order chi connectivity index (χ0) is 23.7. The van der Waals surface area contributed by atoms with Gasteiger partial charge in [0.1, 0.15) is 5.60 Å². The largest absolute Gasteiger partial charge is 0.494 e. The van der Waals surface area contributed by atoms with Crippen LogP contribution < -0.4 is 16.1 Å². The Balaban J connectivity index is 1.82. The maximum Gasteiger partial charge on any atom is 0.494 e. The number of rotatable bonds is 5. The van der Waals surface area contributed by atoms with Gasteiger partial charge >= 0.3 is 13.2 Å². The second-order valence-electron chi connectivity index (χ2n) is 10.9. The number of hydrogen-bond acceptors (Lipinski definition) is 5. The zero-order valence-corrected chi connectivity index (χ0v) is 20.5. The summed E-state index contributed by atoms with van der Waals surface area (Å²) in [5.41, 5.74) is 0.498. The number of hydrogen-bond donors (Lipinski definition) is 2. The normalized spacial score (nSPS) is 20.3. The van der Waals surface area contributed by atoms with Crippen molar-refractivity contribution in [3.05, 3.63) is 29.3 Å². The van der Waals surface area contributed by atoms with E-state index in [1.807, 2.05) is 60.6 Å². The highest BCUT2D eigenvalue weighted by atomic mass is 16.7. The van der Waals surface area contributed by atoms with Crippen molar-refractivity contribution in [3.8, 4) is 0 Å². The van der Waals surface area contributed by atoms with Gasteiger partial charge in [-0.25, -0.2) is 4.79 Å². The summed E-state index contributed by atoms with van der Waals surface area (Å²) in [6.07, 6.45) is 3.80. The fraction of sp³-hybridized carbons (Fsp3) is 0.667. The quantitative estimate of drug-likeness (QED) is 0.677. The van der Waals surface area contributed by atoms with E-state index in [1.54, 1.807) is 6.07 Å². The maximum atomic E-state index is 13.0. The molecule has 0 atom stereocenters. The van der Waals surface area contributed by atoms with Gasteiger partial charge in [-0.3, -0.25) is 4.79 Å². The molecule has 1 aliphatic carbocycles. The van der Waals surface area contributed by atoms with E-state index in [0.717, 1.165) is 36.7 Å². The van der Waals surface area contributed by atoms with E-state index in [9.17, 15) is 9.59 Å². The van der Waals surface area contributed by atoms with Gasteiger partial charge < -0.3 is 24.7 Å². The molecule has 32 heavy (non-hydrogen) atoms. The first-order chi connectivity index (χ1) is 14.8. The number of amides is 2. The van der Waals surface area contributed by atoms with Gasteiger partial charge in [0.15, 0.2) is 0 Å². The van der Waals surface area contributed by atoms with Crippen molar-refractivity contribution in [1.82, 2.24) is 10.6 Å². The van der Waals surface area contributed by atoms with E-state index >= 15 is 0 Å². The molecule has 2 N–H and O–H groups in total. The first-order valence-corrected chi connectivity index (χ1v) is 11.5. The molecular weight excluding hydrogens is 407 g/mol. The Morgan fingerprint density at radius 2 is 1.66 bits per heavy atom. The van der Waals surface area contributed by atoms with Crippen molar-refractivity contribution < 1.29 is 23.6 Å². The molecule has 1 aliphatic heterocycles. The molecule has 176 valence electrons. The van der Waals surface area contributed by atoms with Crippen LogP contribution in [0.15, 0.2) is 18.2 Å². The molecule has 1 aromatic rings. The lowest BCUT2D eigenvalue weighted by Gasteiger charge is -2.32. The molecule has 1 saturated carbocycles. The maximum absolute atomic E-state index is 13.0. The minimum atomic E-state index is -0.598. The molecule has 2 amide bonds. The van der Waals surface area contributed by atoms with Crippen LogP contribution in [0.5, 0.6) is 0 Å². The smallest absolute Gasteiger partial charge is 0.444 e. The molecule has 0 unspecified atom stereocenters. The lowest BCUT2D eigenvalue weighted by atomic mass is 9.77. The molecule has 1 aromatic carbocycles. The fourth-order valence-corrected chi connectivity index (χ4v) is 3.89. The summed E-state index contributed by atoms with van der Waals surface area (Å²) in [7, 11) is -0.598. The van der Waals surface area contributed by atoms with Gasteiger partial charge in [-0.2, -0.15) is 0 Å².